The molecule has 14 rings (SSSR count). The molecule has 4 bridgehead atoms. The van der Waals surface area contributed by atoms with Gasteiger partial charge >= 0.3 is 0 Å². The Hall–Kier alpha value is -6.74. The molecule has 0 atom stereocenters. The molecule has 4 saturated carbocycles. The van der Waals surface area contributed by atoms with Crippen LogP contribution in [-0.2, 0) is 10.8 Å². The average Bonchev–Trinajstić information content (AvgIpc) is 3.60. The van der Waals surface area contributed by atoms with Crippen molar-refractivity contribution in [2.75, 3.05) is 4.90 Å². The lowest BCUT2D eigenvalue weighted by Gasteiger charge is -2.57. The van der Waals surface area contributed by atoms with Crippen molar-refractivity contribution >= 4 is 56.7 Å². The summed E-state index contributed by atoms with van der Waals surface area (Å²) < 4.78 is 0. The normalized spacial score (nSPS) is 21.0. The van der Waals surface area contributed by atoms with Crippen molar-refractivity contribution in [3.63, 3.8) is 0 Å². The van der Waals surface area contributed by atoms with E-state index in [1.165, 1.54) is 115 Å². The third-order valence-electron chi connectivity index (χ3n) is 17.0. The summed E-state index contributed by atoms with van der Waals surface area (Å²) in [4.78, 5) is 2.60. The Balaban J connectivity index is 1.04. The van der Waals surface area contributed by atoms with Gasteiger partial charge in [0, 0.05) is 22.4 Å². The van der Waals surface area contributed by atoms with Gasteiger partial charge in [-0.15, -0.1) is 0 Å². The van der Waals surface area contributed by atoms with Crippen LogP contribution in [0.3, 0.4) is 0 Å². The van der Waals surface area contributed by atoms with Crippen molar-refractivity contribution in [1.29, 1.82) is 0 Å². The van der Waals surface area contributed by atoms with E-state index in [9.17, 15) is 0 Å². The number of hydrogen-bond donors (Lipinski definition) is 0. The minimum absolute atomic E-state index is 0.165. The Morgan fingerprint density at radius 2 is 0.881 bits per heavy atom. The fourth-order valence-corrected chi connectivity index (χ4v) is 19.1. The Morgan fingerprint density at radius 1 is 0.403 bits per heavy atom. The van der Waals surface area contributed by atoms with E-state index in [2.05, 4.69) is 237 Å². The molecule has 0 aliphatic heterocycles. The Kier molecular flexibility index (Phi) is 9.48. The van der Waals surface area contributed by atoms with E-state index in [4.69, 9.17) is 0 Å². The first kappa shape index (κ1) is 40.5. The minimum Gasteiger partial charge on any atom is -0.310 e. The van der Waals surface area contributed by atoms with Crippen molar-refractivity contribution in [3.05, 3.63) is 235 Å². The molecule has 0 spiro atoms. The fourth-order valence-electron chi connectivity index (χ4n) is 14.4. The molecule has 67 heavy (non-hydrogen) atoms. The summed E-state index contributed by atoms with van der Waals surface area (Å²) in [7, 11) is -2.74. The van der Waals surface area contributed by atoms with E-state index in [0.29, 0.717) is 5.41 Å². The second-order valence-corrected chi connectivity index (χ2v) is 24.9. The van der Waals surface area contributed by atoms with Crippen molar-refractivity contribution in [2.45, 2.75) is 63.2 Å². The van der Waals surface area contributed by atoms with Gasteiger partial charge in [0.05, 0.1) is 5.69 Å². The lowest BCUT2D eigenvalue weighted by molar-refractivity contribution is -0.00518. The molecule has 0 aromatic heterocycles. The third-order valence-corrected chi connectivity index (χ3v) is 21.8. The molecule has 0 N–H and O–H groups in total. The van der Waals surface area contributed by atoms with E-state index in [1.54, 1.807) is 5.56 Å². The van der Waals surface area contributed by atoms with Crippen molar-refractivity contribution in [1.82, 2.24) is 0 Å². The van der Waals surface area contributed by atoms with Gasteiger partial charge in [0.25, 0.3) is 0 Å². The Labute approximate surface area is 397 Å². The van der Waals surface area contributed by atoms with Crippen LogP contribution in [0.5, 0.6) is 0 Å². The van der Waals surface area contributed by atoms with E-state index >= 15 is 0 Å². The maximum Gasteiger partial charge on any atom is 0.179 e. The number of rotatable bonds is 9. The topological polar surface area (TPSA) is 3.24 Å². The Morgan fingerprint density at radius 3 is 1.48 bits per heavy atom. The zero-order chi connectivity index (χ0) is 44.7. The smallest absolute Gasteiger partial charge is 0.179 e. The third kappa shape index (κ3) is 6.40. The summed E-state index contributed by atoms with van der Waals surface area (Å²) in [6.45, 7) is 4.83. The standard InChI is InChI=1S/C65H57NSi/c1-64(2)61-28-15-14-26-58(61)59-40-60(57-27-16-18-48-17-12-13-25-56(48)57)63(41-62(59)64)66(50-31-29-49(30-32-50)65-42-45-37-46(43-65)39-47(38-45)44-65)51-33-35-55(36-34-51)67(52-19-6-3-7-20-52,53-21-8-4-9-22-53)54-23-10-5-11-24-54/h3-36,40-41,45-47H,37-39,42-44H2,1-2H3. The van der Waals surface area contributed by atoms with E-state index in [-0.39, 0.29) is 5.41 Å². The summed E-state index contributed by atoms with van der Waals surface area (Å²) in [5, 5.41) is 8.06. The first-order valence-electron chi connectivity index (χ1n) is 24.8. The molecule has 0 unspecified atom stereocenters. The summed E-state index contributed by atoms with van der Waals surface area (Å²) in [6, 6.07) is 83.7. The summed E-state index contributed by atoms with van der Waals surface area (Å²) in [6.07, 6.45) is 8.47. The van der Waals surface area contributed by atoms with Crippen LogP contribution in [0.2, 0.25) is 0 Å². The highest BCUT2D eigenvalue weighted by atomic mass is 28.3. The molecule has 5 aliphatic carbocycles. The predicted molar refractivity (Wildman–Crippen MR) is 285 cm³/mol. The molecule has 9 aromatic carbocycles. The minimum atomic E-state index is -2.74. The molecule has 0 radical (unpaired) electrons. The van der Waals surface area contributed by atoms with Crippen LogP contribution in [0, 0.1) is 17.8 Å². The summed E-state index contributed by atoms with van der Waals surface area (Å²) >= 11 is 0. The molecule has 0 heterocycles. The number of fused-ring (bicyclic) bond motifs is 4. The van der Waals surface area contributed by atoms with Gasteiger partial charge in [-0.25, -0.2) is 0 Å². The monoisotopic (exact) mass is 879 g/mol. The van der Waals surface area contributed by atoms with Gasteiger partial charge in [-0.05, 0) is 163 Å². The first-order valence-corrected chi connectivity index (χ1v) is 26.8. The van der Waals surface area contributed by atoms with Crippen molar-refractivity contribution in [2.24, 2.45) is 17.8 Å². The highest BCUT2D eigenvalue weighted by Crippen LogP contribution is 2.61. The van der Waals surface area contributed by atoms with Crippen LogP contribution in [0.15, 0.2) is 218 Å². The molecule has 9 aromatic rings. The van der Waals surface area contributed by atoms with Gasteiger partial charge in [-0.3, -0.25) is 0 Å². The average molecular weight is 880 g/mol. The molecular formula is C65H57NSi. The number of benzene rings is 9. The lowest BCUT2D eigenvalue weighted by Crippen LogP contribution is -2.74. The van der Waals surface area contributed by atoms with E-state index in [1.807, 2.05) is 0 Å². The zero-order valence-electron chi connectivity index (χ0n) is 38.7. The van der Waals surface area contributed by atoms with Gasteiger partial charge < -0.3 is 4.90 Å². The molecule has 5 aliphatic rings. The number of nitrogens with zero attached hydrogens (tertiary/aromatic N) is 1. The van der Waals surface area contributed by atoms with Crippen LogP contribution < -0.4 is 25.6 Å². The molecule has 0 saturated heterocycles. The summed E-state index contributed by atoms with van der Waals surface area (Å²) in [5.41, 5.74) is 13.3. The van der Waals surface area contributed by atoms with Gasteiger partial charge in [-0.2, -0.15) is 0 Å². The quantitative estimate of drug-likeness (QED) is 0.103. The van der Waals surface area contributed by atoms with Crippen LogP contribution in [0.4, 0.5) is 17.1 Å². The second kappa shape index (κ2) is 15.7. The molecular weight excluding hydrogens is 823 g/mol. The second-order valence-electron chi connectivity index (χ2n) is 21.1. The highest BCUT2D eigenvalue weighted by Gasteiger charge is 2.51. The van der Waals surface area contributed by atoms with Crippen LogP contribution in [0.25, 0.3) is 33.0 Å². The maximum absolute atomic E-state index is 2.74. The lowest BCUT2D eigenvalue weighted by atomic mass is 9.48. The molecule has 326 valence electrons. The Bertz CT molecular complexity index is 3140. The van der Waals surface area contributed by atoms with Crippen molar-refractivity contribution in [3.8, 4) is 22.3 Å². The first-order chi connectivity index (χ1) is 32.9. The van der Waals surface area contributed by atoms with E-state index < -0.39 is 8.07 Å². The zero-order valence-corrected chi connectivity index (χ0v) is 39.7. The highest BCUT2D eigenvalue weighted by molar-refractivity contribution is 7.19. The van der Waals surface area contributed by atoms with E-state index in [0.717, 1.165) is 23.4 Å². The molecule has 2 heteroatoms. The largest absolute Gasteiger partial charge is 0.310 e. The SMILES string of the molecule is CC1(C)c2ccccc2-c2cc(-c3cccc4ccccc34)c(N(c3ccc(C45CC6CC(CC(C6)C4)C5)cc3)c3ccc([Si](c4ccccc4)(c4ccccc4)c4ccccc4)cc3)cc21. The van der Waals surface area contributed by atoms with Gasteiger partial charge in [0.1, 0.15) is 0 Å². The fraction of sp³-hybridized carbons (Fsp3) is 0.200. The maximum atomic E-state index is 2.60. The van der Waals surface area contributed by atoms with Crippen LogP contribution >= 0.6 is 0 Å². The number of anilines is 3. The predicted octanol–water partition coefficient (Wildman–Crippen LogP) is 14.1. The van der Waals surface area contributed by atoms with Crippen molar-refractivity contribution < 1.29 is 0 Å². The molecule has 1 nitrogen and oxygen atoms in total. The van der Waals surface area contributed by atoms with Gasteiger partial charge in [0.15, 0.2) is 8.07 Å². The number of hydrogen-bond acceptors (Lipinski definition) is 1. The van der Waals surface area contributed by atoms with Gasteiger partial charge in [0.2, 0.25) is 0 Å². The van der Waals surface area contributed by atoms with Crippen LogP contribution in [0.1, 0.15) is 69.1 Å². The summed E-state index contributed by atoms with van der Waals surface area (Å²) in [5.74, 6) is 2.71. The van der Waals surface area contributed by atoms with Crippen LogP contribution in [-0.4, -0.2) is 8.07 Å². The molecule has 4 fully saturated rings. The van der Waals surface area contributed by atoms with Gasteiger partial charge in [-0.1, -0.05) is 196 Å². The molecule has 0 amide bonds.